The van der Waals surface area contributed by atoms with Gasteiger partial charge in [-0.2, -0.15) is 5.26 Å². The third kappa shape index (κ3) is 3.47. The quantitative estimate of drug-likeness (QED) is 0.836. The second-order valence-corrected chi connectivity index (χ2v) is 6.50. The summed E-state index contributed by atoms with van der Waals surface area (Å²) < 4.78 is 6.04. The van der Waals surface area contributed by atoms with Gasteiger partial charge in [0.15, 0.2) is 0 Å². The van der Waals surface area contributed by atoms with Crippen LogP contribution in [-0.4, -0.2) is 24.2 Å². The normalized spacial score (nSPS) is 15.2. The summed E-state index contributed by atoms with van der Waals surface area (Å²) in [5.74, 6) is 0.742. The molecule has 1 saturated heterocycles. The summed E-state index contributed by atoms with van der Waals surface area (Å²) in [4.78, 5) is 6.65. The van der Waals surface area contributed by atoms with Crippen molar-refractivity contribution in [2.75, 3.05) is 18.0 Å². The van der Waals surface area contributed by atoms with E-state index in [-0.39, 0.29) is 6.10 Å². The summed E-state index contributed by atoms with van der Waals surface area (Å²) in [6.07, 6.45) is 1.95. The second-order valence-electron chi connectivity index (χ2n) is 6.09. The van der Waals surface area contributed by atoms with Gasteiger partial charge in [0.2, 0.25) is 0 Å². The highest BCUT2D eigenvalue weighted by atomic mass is 35.5. The highest BCUT2D eigenvalue weighted by Gasteiger charge is 2.24. The first kappa shape index (κ1) is 16.6. The fourth-order valence-electron chi connectivity index (χ4n) is 3.13. The van der Waals surface area contributed by atoms with E-state index in [2.05, 4.69) is 16.0 Å². The predicted molar refractivity (Wildman–Crippen MR) is 95.7 cm³/mol. The Kier molecular flexibility index (Phi) is 4.92. The molecule has 24 heavy (non-hydrogen) atoms. The average molecular weight is 342 g/mol. The van der Waals surface area contributed by atoms with Gasteiger partial charge >= 0.3 is 0 Å². The van der Waals surface area contributed by atoms with E-state index in [0.717, 1.165) is 48.8 Å². The molecule has 3 rings (SSSR count). The summed E-state index contributed by atoms with van der Waals surface area (Å²) in [7, 11) is 0. The van der Waals surface area contributed by atoms with Gasteiger partial charge in [-0.3, -0.25) is 4.98 Å². The number of para-hydroxylation sites is 1. The van der Waals surface area contributed by atoms with E-state index in [4.69, 9.17) is 16.3 Å². The fraction of sp³-hybridized carbons (Fsp3) is 0.368. The van der Waals surface area contributed by atoms with Crippen molar-refractivity contribution in [1.29, 1.82) is 5.26 Å². The maximum atomic E-state index is 9.44. The van der Waals surface area contributed by atoms with Crippen molar-refractivity contribution in [3.8, 4) is 11.8 Å². The standard InChI is InChI=1S/C19H20ClN3O/c1-13-11-18(16(12-21)14(2)22-13)23-9-7-15(8-10-23)24-19-6-4-3-5-17(19)20/h3-6,11,15H,7-10H2,1-2H3. The van der Waals surface area contributed by atoms with Crippen molar-refractivity contribution in [3.63, 3.8) is 0 Å². The molecular weight excluding hydrogens is 322 g/mol. The minimum Gasteiger partial charge on any atom is -0.489 e. The number of ether oxygens (including phenoxy) is 1. The summed E-state index contributed by atoms with van der Waals surface area (Å²) in [5.41, 5.74) is 3.39. The lowest BCUT2D eigenvalue weighted by atomic mass is 10.0. The number of anilines is 1. The van der Waals surface area contributed by atoms with Gasteiger partial charge in [-0.15, -0.1) is 0 Å². The first-order chi connectivity index (χ1) is 11.6. The molecule has 0 N–H and O–H groups in total. The highest BCUT2D eigenvalue weighted by Crippen LogP contribution is 2.30. The molecule has 0 unspecified atom stereocenters. The minimum absolute atomic E-state index is 0.149. The number of hydrogen-bond acceptors (Lipinski definition) is 4. The van der Waals surface area contributed by atoms with E-state index in [1.807, 2.05) is 44.2 Å². The van der Waals surface area contributed by atoms with Crippen LogP contribution < -0.4 is 9.64 Å². The number of aromatic nitrogens is 1. The number of nitrogens with zero attached hydrogens (tertiary/aromatic N) is 3. The van der Waals surface area contributed by atoms with Crippen LogP contribution in [0.1, 0.15) is 29.8 Å². The van der Waals surface area contributed by atoms with E-state index in [0.29, 0.717) is 10.6 Å². The molecule has 4 nitrogen and oxygen atoms in total. The number of hydrogen-bond donors (Lipinski definition) is 0. The van der Waals surface area contributed by atoms with Crippen LogP contribution >= 0.6 is 11.6 Å². The van der Waals surface area contributed by atoms with Crippen LogP contribution in [-0.2, 0) is 0 Å². The van der Waals surface area contributed by atoms with Crippen molar-refractivity contribution in [2.45, 2.75) is 32.8 Å². The molecule has 0 atom stereocenters. The second kappa shape index (κ2) is 7.11. The van der Waals surface area contributed by atoms with E-state index < -0.39 is 0 Å². The van der Waals surface area contributed by atoms with Crippen LogP contribution in [0.2, 0.25) is 5.02 Å². The molecule has 2 aromatic rings. The number of nitriles is 1. The largest absolute Gasteiger partial charge is 0.489 e. The zero-order valence-electron chi connectivity index (χ0n) is 13.9. The molecule has 1 aliphatic rings. The van der Waals surface area contributed by atoms with Crippen LogP contribution in [0, 0.1) is 25.2 Å². The monoisotopic (exact) mass is 341 g/mol. The van der Waals surface area contributed by atoms with Gasteiger partial charge in [-0.1, -0.05) is 23.7 Å². The predicted octanol–water partition coefficient (Wildman–Crippen LogP) is 4.27. The Balaban J connectivity index is 1.70. The van der Waals surface area contributed by atoms with Crippen LogP contribution in [0.5, 0.6) is 5.75 Å². The molecule has 0 bridgehead atoms. The highest BCUT2D eigenvalue weighted by molar-refractivity contribution is 6.32. The molecule has 5 heteroatoms. The van der Waals surface area contributed by atoms with E-state index in [1.165, 1.54) is 0 Å². The number of benzene rings is 1. The maximum absolute atomic E-state index is 9.44. The molecule has 2 heterocycles. The molecule has 1 fully saturated rings. The third-order valence-corrected chi connectivity index (χ3v) is 4.64. The van der Waals surface area contributed by atoms with Gasteiger partial charge in [0.05, 0.1) is 22.0 Å². The van der Waals surface area contributed by atoms with Crippen LogP contribution in [0.15, 0.2) is 30.3 Å². The van der Waals surface area contributed by atoms with E-state index in [9.17, 15) is 5.26 Å². The zero-order valence-corrected chi connectivity index (χ0v) is 14.7. The lowest BCUT2D eigenvalue weighted by molar-refractivity contribution is 0.171. The summed E-state index contributed by atoms with van der Waals surface area (Å²) in [5, 5.41) is 10.1. The van der Waals surface area contributed by atoms with Gasteiger partial charge in [0.1, 0.15) is 17.9 Å². The van der Waals surface area contributed by atoms with Gasteiger partial charge in [0, 0.05) is 31.6 Å². The molecule has 0 amide bonds. The summed E-state index contributed by atoms with van der Waals surface area (Å²) in [6.45, 7) is 5.56. The number of pyridine rings is 1. The number of aryl methyl sites for hydroxylation is 2. The molecule has 1 aliphatic heterocycles. The Bertz CT molecular complexity index is 777. The van der Waals surface area contributed by atoms with Crippen molar-refractivity contribution >= 4 is 17.3 Å². The third-order valence-electron chi connectivity index (χ3n) is 4.33. The Morgan fingerprint density at radius 2 is 1.96 bits per heavy atom. The van der Waals surface area contributed by atoms with E-state index in [1.54, 1.807) is 0 Å². The Morgan fingerprint density at radius 3 is 2.62 bits per heavy atom. The molecule has 0 radical (unpaired) electrons. The number of halogens is 1. The molecule has 1 aromatic heterocycles. The van der Waals surface area contributed by atoms with Crippen LogP contribution in [0.25, 0.3) is 0 Å². The van der Waals surface area contributed by atoms with Gasteiger partial charge in [-0.05, 0) is 32.0 Å². The average Bonchev–Trinajstić information content (AvgIpc) is 2.57. The van der Waals surface area contributed by atoms with Crippen molar-refractivity contribution in [1.82, 2.24) is 4.98 Å². The van der Waals surface area contributed by atoms with E-state index >= 15 is 0 Å². The molecule has 1 aromatic carbocycles. The van der Waals surface area contributed by atoms with Gasteiger partial charge < -0.3 is 9.64 Å². The topological polar surface area (TPSA) is 49.1 Å². The molecule has 124 valence electrons. The lowest BCUT2D eigenvalue weighted by Gasteiger charge is -2.34. The summed E-state index contributed by atoms with van der Waals surface area (Å²) in [6, 6.07) is 11.9. The minimum atomic E-state index is 0.149. The Morgan fingerprint density at radius 1 is 1.25 bits per heavy atom. The number of piperidine rings is 1. The molecule has 0 saturated carbocycles. The maximum Gasteiger partial charge on any atom is 0.138 e. The van der Waals surface area contributed by atoms with Gasteiger partial charge in [0.25, 0.3) is 0 Å². The lowest BCUT2D eigenvalue weighted by Crippen LogP contribution is -2.38. The zero-order chi connectivity index (χ0) is 17.1. The van der Waals surface area contributed by atoms with Crippen molar-refractivity contribution in [3.05, 3.63) is 52.3 Å². The Hall–Kier alpha value is -2.25. The first-order valence-electron chi connectivity index (χ1n) is 8.13. The fourth-order valence-corrected chi connectivity index (χ4v) is 3.31. The smallest absolute Gasteiger partial charge is 0.138 e. The SMILES string of the molecule is Cc1cc(N2CCC(Oc3ccccc3Cl)CC2)c(C#N)c(C)n1. The van der Waals surface area contributed by atoms with Gasteiger partial charge in [-0.25, -0.2) is 0 Å². The molecular formula is C19H20ClN3O. The van der Waals surface area contributed by atoms with Crippen LogP contribution in [0.4, 0.5) is 5.69 Å². The Labute approximate surface area is 147 Å². The van der Waals surface area contributed by atoms with Crippen molar-refractivity contribution < 1.29 is 4.74 Å². The van der Waals surface area contributed by atoms with Crippen molar-refractivity contribution in [2.24, 2.45) is 0 Å². The molecule has 0 aliphatic carbocycles. The number of rotatable bonds is 3. The van der Waals surface area contributed by atoms with Crippen LogP contribution in [0.3, 0.4) is 0 Å². The molecule has 0 spiro atoms. The summed E-state index contributed by atoms with van der Waals surface area (Å²) >= 11 is 6.16. The first-order valence-corrected chi connectivity index (χ1v) is 8.50.